The molecule has 9 nitrogen and oxygen atoms in total. The lowest BCUT2D eigenvalue weighted by atomic mass is 9.94. The number of anilines is 2. The van der Waals surface area contributed by atoms with Gasteiger partial charge in [-0.3, -0.25) is 4.90 Å². The maximum absolute atomic E-state index is 13.1. The molecule has 0 aliphatic carbocycles. The second-order valence-corrected chi connectivity index (χ2v) is 9.16. The van der Waals surface area contributed by atoms with Gasteiger partial charge in [0.2, 0.25) is 0 Å². The largest absolute Gasteiger partial charge is 0.492 e. The van der Waals surface area contributed by atoms with Crippen LogP contribution in [0.15, 0.2) is 59.8 Å². The minimum atomic E-state index is -0.666. The van der Waals surface area contributed by atoms with E-state index in [0.717, 1.165) is 6.42 Å². The summed E-state index contributed by atoms with van der Waals surface area (Å²) in [6.07, 6.45) is 0.751. The van der Waals surface area contributed by atoms with E-state index in [0.29, 0.717) is 47.1 Å². The molecule has 0 fully saturated rings. The van der Waals surface area contributed by atoms with Crippen molar-refractivity contribution in [1.82, 2.24) is 10.2 Å². The van der Waals surface area contributed by atoms with Crippen molar-refractivity contribution in [2.45, 2.75) is 47.1 Å². The molecular weight excluding hydrogens is 472 g/mol. The molecule has 0 saturated heterocycles. The lowest BCUT2D eigenvalue weighted by molar-refractivity contribution is -0.140. The van der Waals surface area contributed by atoms with Crippen molar-refractivity contribution in [3.63, 3.8) is 0 Å². The highest BCUT2D eigenvalue weighted by atomic mass is 16.5. The van der Waals surface area contributed by atoms with Crippen LogP contribution in [-0.4, -0.2) is 42.7 Å². The zero-order chi connectivity index (χ0) is 26.9. The normalized spacial score (nSPS) is 15.4. The third kappa shape index (κ3) is 7.03. The highest BCUT2D eigenvalue weighted by Gasteiger charge is 2.36. The van der Waals surface area contributed by atoms with Crippen molar-refractivity contribution in [2.75, 3.05) is 30.4 Å². The van der Waals surface area contributed by atoms with E-state index >= 15 is 0 Å². The molecule has 0 radical (unpaired) electrons. The number of allylic oxidation sites excluding steroid dienone is 1. The predicted molar refractivity (Wildman–Crippen MR) is 143 cm³/mol. The maximum atomic E-state index is 13.1. The Kier molecular flexibility index (Phi) is 9.54. The number of carbonyl (C=O) groups is 3. The van der Waals surface area contributed by atoms with E-state index in [9.17, 15) is 14.4 Å². The Morgan fingerprint density at radius 3 is 2.41 bits per heavy atom. The number of nitrogens with zero attached hydrogens (tertiary/aromatic N) is 1. The van der Waals surface area contributed by atoms with Crippen molar-refractivity contribution in [2.24, 2.45) is 5.92 Å². The third-order valence-corrected chi connectivity index (χ3v) is 5.75. The standard InChI is InChI=1S/C28H36N4O5/c1-6-16-32-19(5)24(26(33)37-17-18(3)4)25(31-28(32)35)20-12-14-21(15-13-20)29-27(34)30-22-10-8-9-11-23(22)36-7-2/h8-15,18,25H,6-7,16-17H2,1-5H3,(H,31,35)(H2,29,30,34). The Morgan fingerprint density at radius 2 is 1.76 bits per heavy atom. The van der Waals surface area contributed by atoms with Gasteiger partial charge in [-0.1, -0.05) is 45.0 Å². The molecule has 0 bridgehead atoms. The number of benzene rings is 2. The first-order chi connectivity index (χ1) is 17.7. The van der Waals surface area contributed by atoms with Gasteiger partial charge in [-0.15, -0.1) is 0 Å². The van der Waals surface area contributed by atoms with Gasteiger partial charge < -0.3 is 25.4 Å². The highest BCUT2D eigenvalue weighted by molar-refractivity contribution is 6.00. The summed E-state index contributed by atoms with van der Waals surface area (Å²) in [7, 11) is 0. The lowest BCUT2D eigenvalue weighted by Crippen LogP contribution is -2.48. The molecular formula is C28H36N4O5. The maximum Gasteiger partial charge on any atom is 0.338 e. The molecule has 3 rings (SSSR count). The van der Waals surface area contributed by atoms with E-state index in [2.05, 4.69) is 16.0 Å². The lowest BCUT2D eigenvalue weighted by Gasteiger charge is -2.35. The van der Waals surface area contributed by atoms with Gasteiger partial charge in [0.1, 0.15) is 5.75 Å². The molecule has 3 N–H and O–H groups in total. The van der Waals surface area contributed by atoms with E-state index in [4.69, 9.17) is 9.47 Å². The number of para-hydroxylation sites is 2. The first kappa shape index (κ1) is 27.6. The minimum absolute atomic E-state index is 0.185. The zero-order valence-electron chi connectivity index (χ0n) is 22.1. The summed E-state index contributed by atoms with van der Waals surface area (Å²) < 4.78 is 11.1. The van der Waals surface area contributed by atoms with Gasteiger partial charge in [0, 0.05) is 17.9 Å². The molecule has 4 amide bonds. The summed E-state index contributed by atoms with van der Waals surface area (Å²) in [5.41, 5.74) is 2.80. The van der Waals surface area contributed by atoms with Gasteiger partial charge in [-0.25, -0.2) is 14.4 Å². The third-order valence-electron chi connectivity index (χ3n) is 5.75. The van der Waals surface area contributed by atoms with Gasteiger partial charge in [0.05, 0.1) is 30.5 Å². The van der Waals surface area contributed by atoms with E-state index in [1.54, 1.807) is 48.2 Å². The number of ether oxygens (including phenoxy) is 2. The van der Waals surface area contributed by atoms with Crippen molar-refractivity contribution in [3.8, 4) is 5.75 Å². The Labute approximate surface area is 218 Å². The van der Waals surface area contributed by atoms with E-state index in [-0.39, 0.29) is 18.6 Å². The molecule has 1 aliphatic heterocycles. The van der Waals surface area contributed by atoms with Crippen LogP contribution in [0.3, 0.4) is 0 Å². The Morgan fingerprint density at radius 1 is 1.05 bits per heavy atom. The number of esters is 1. The van der Waals surface area contributed by atoms with Crippen LogP contribution < -0.4 is 20.7 Å². The summed E-state index contributed by atoms with van der Waals surface area (Å²) in [4.78, 5) is 40.0. The quantitative estimate of drug-likeness (QED) is 0.358. The fourth-order valence-corrected chi connectivity index (χ4v) is 4.00. The number of hydrogen-bond acceptors (Lipinski definition) is 5. The van der Waals surface area contributed by atoms with Crippen molar-refractivity contribution >= 4 is 29.4 Å². The number of nitrogens with one attached hydrogen (secondary N) is 3. The van der Waals surface area contributed by atoms with Crippen LogP contribution in [0.25, 0.3) is 0 Å². The van der Waals surface area contributed by atoms with Crippen LogP contribution in [-0.2, 0) is 9.53 Å². The molecule has 0 spiro atoms. The Balaban J connectivity index is 1.79. The van der Waals surface area contributed by atoms with Gasteiger partial charge in [0.15, 0.2) is 0 Å². The highest BCUT2D eigenvalue weighted by Crippen LogP contribution is 2.32. The van der Waals surface area contributed by atoms with E-state index in [1.807, 2.05) is 39.8 Å². The molecule has 2 aromatic carbocycles. The topological polar surface area (TPSA) is 109 Å². The van der Waals surface area contributed by atoms with Crippen molar-refractivity contribution in [3.05, 3.63) is 65.4 Å². The summed E-state index contributed by atoms with van der Waals surface area (Å²) in [6, 6.07) is 12.8. The fourth-order valence-electron chi connectivity index (χ4n) is 4.00. The first-order valence-electron chi connectivity index (χ1n) is 12.6. The van der Waals surface area contributed by atoms with Crippen molar-refractivity contribution in [1.29, 1.82) is 0 Å². The average Bonchev–Trinajstić information content (AvgIpc) is 2.86. The van der Waals surface area contributed by atoms with Crippen LogP contribution in [0.1, 0.15) is 52.6 Å². The second-order valence-electron chi connectivity index (χ2n) is 9.16. The number of hydrogen-bond donors (Lipinski definition) is 3. The molecule has 9 heteroatoms. The molecule has 1 aliphatic rings. The smallest absolute Gasteiger partial charge is 0.338 e. The molecule has 2 aromatic rings. The Bertz CT molecular complexity index is 1140. The predicted octanol–water partition coefficient (Wildman–Crippen LogP) is 5.68. The SMILES string of the molecule is CCCN1C(=O)NC(c2ccc(NC(=O)Nc3ccccc3OCC)cc2)C(C(=O)OCC(C)C)=C1C. The monoisotopic (exact) mass is 508 g/mol. The number of amides is 4. The minimum Gasteiger partial charge on any atom is -0.492 e. The molecule has 0 aromatic heterocycles. The first-order valence-corrected chi connectivity index (χ1v) is 12.6. The fraction of sp³-hybridized carbons (Fsp3) is 0.393. The van der Waals surface area contributed by atoms with E-state index in [1.165, 1.54) is 0 Å². The van der Waals surface area contributed by atoms with Gasteiger partial charge in [-0.2, -0.15) is 0 Å². The van der Waals surface area contributed by atoms with E-state index < -0.39 is 18.0 Å². The molecule has 1 atom stereocenters. The summed E-state index contributed by atoms with van der Waals surface area (Å²) >= 11 is 0. The molecule has 0 saturated carbocycles. The number of urea groups is 2. The molecule has 198 valence electrons. The summed E-state index contributed by atoms with van der Waals surface area (Å²) in [5.74, 6) is 0.316. The van der Waals surface area contributed by atoms with Crippen molar-refractivity contribution < 1.29 is 23.9 Å². The van der Waals surface area contributed by atoms with Crippen LogP contribution in [0.4, 0.5) is 21.0 Å². The molecule has 37 heavy (non-hydrogen) atoms. The summed E-state index contributed by atoms with van der Waals surface area (Å²) in [5, 5.41) is 8.52. The second kappa shape index (κ2) is 12.8. The average molecular weight is 509 g/mol. The van der Waals surface area contributed by atoms with Crippen LogP contribution in [0.2, 0.25) is 0 Å². The summed E-state index contributed by atoms with van der Waals surface area (Å²) in [6.45, 7) is 10.8. The number of rotatable bonds is 10. The molecule has 1 heterocycles. The number of carbonyl (C=O) groups excluding carboxylic acids is 3. The van der Waals surface area contributed by atoms with Crippen LogP contribution >= 0.6 is 0 Å². The Hall–Kier alpha value is -4.01. The van der Waals surface area contributed by atoms with Crippen LogP contribution in [0.5, 0.6) is 5.75 Å². The van der Waals surface area contributed by atoms with Gasteiger partial charge >= 0.3 is 18.0 Å². The van der Waals surface area contributed by atoms with Crippen LogP contribution in [0, 0.1) is 5.92 Å². The zero-order valence-corrected chi connectivity index (χ0v) is 22.1. The molecule has 1 unspecified atom stereocenters. The van der Waals surface area contributed by atoms with Gasteiger partial charge in [-0.05, 0) is 56.0 Å². The van der Waals surface area contributed by atoms with Gasteiger partial charge in [0.25, 0.3) is 0 Å².